The maximum atomic E-state index is 5.51. The minimum absolute atomic E-state index is 0.702. The SMILES string of the molecule is Cc1cc(-c2nnnn2CCCCN)cc(C)c1Br. The number of nitrogens with two attached hydrogens (primary N) is 1. The van der Waals surface area contributed by atoms with Crippen LogP contribution in [-0.2, 0) is 6.54 Å². The van der Waals surface area contributed by atoms with Crippen molar-refractivity contribution in [3.05, 3.63) is 27.7 Å². The van der Waals surface area contributed by atoms with Gasteiger partial charge in [0.1, 0.15) is 0 Å². The third-order valence-electron chi connectivity index (χ3n) is 3.05. The molecule has 0 unspecified atom stereocenters. The van der Waals surface area contributed by atoms with Gasteiger partial charge in [-0.05, 0) is 66.9 Å². The molecule has 0 spiro atoms. The highest BCUT2D eigenvalue weighted by atomic mass is 79.9. The van der Waals surface area contributed by atoms with Crippen molar-refractivity contribution < 1.29 is 0 Å². The van der Waals surface area contributed by atoms with Gasteiger partial charge in [-0.25, -0.2) is 4.68 Å². The molecular formula is C13H18BrN5. The first kappa shape index (κ1) is 14.1. The molecule has 19 heavy (non-hydrogen) atoms. The highest BCUT2D eigenvalue weighted by molar-refractivity contribution is 9.10. The molecule has 0 aliphatic heterocycles. The number of rotatable bonds is 5. The number of hydrogen-bond acceptors (Lipinski definition) is 4. The number of halogens is 1. The van der Waals surface area contributed by atoms with E-state index in [0.29, 0.717) is 6.54 Å². The molecule has 102 valence electrons. The van der Waals surface area contributed by atoms with Gasteiger partial charge in [0.25, 0.3) is 0 Å². The van der Waals surface area contributed by atoms with Gasteiger partial charge in [-0.2, -0.15) is 0 Å². The fraction of sp³-hybridized carbons (Fsp3) is 0.462. The van der Waals surface area contributed by atoms with Crippen LogP contribution in [-0.4, -0.2) is 26.8 Å². The molecule has 0 aliphatic rings. The maximum Gasteiger partial charge on any atom is 0.182 e. The normalized spacial score (nSPS) is 10.9. The van der Waals surface area contributed by atoms with Crippen LogP contribution in [0.5, 0.6) is 0 Å². The molecule has 1 heterocycles. The van der Waals surface area contributed by atoms with E-state index in [1.807, 2.05) is 4.68 Å². The lowest BCUT2D eigenvalue weighted by molar-refractivity contribution is 0.548. The van der Waals surface area contributed by atoms with E-state index >= 15 is 0 Å². The van der Waals surface area contributed by atoms with Crippen LogP contribution in [0.2, 0.25) is 0 Å². The highest BCUT2D eigenvalue weighted by Gasteiger charge is 2.11. The first-order valence-electron chi connectivity index (χ1n) is 6.37. The van der Waals surface area contributed by atoms with Crippen LogP contribution in [0.15, 0.2) is 16.6 Å². The summed E-state index contributed by atoms with van der Waals surface area (Å²) in [5, 5.41) is 12.0. The van der Waals surface area contributed by atoms with E-state index in [1.54, 1.807) is 0 Å². The highest BCUT2D eigenvalue weighted by Crippen LogP contribution is 2.27. The van der Waals surface area contributed by atoms with Crippen LogP contribution in [0.25, 0.3) is 11.4 Å². The standard InChI is InChI=1S/C13H18BrN5/c1-9-7-11(8-10(2)12(9)14)13-16-17-18-19(13)6-4-3-5-15/h7-8H,3-6,15H2,1-2H3. The quantitative estimate of drug-likeness (QED) is 0.858. The van der Waals surface area contributed by atoms with Crippen molar-refractivity contribution in [3.8, 4) is 11.4 Å². The zero-order valence-corrected chi connectivity index (χ0v) is 12.8. The Labute approximate surface area is 121 Å². The summed E-state index contributed by atoms with van der Waals surface area (Å²) in [6.07, 6.45) is 1.97. The van der Waals surface area contributed by atoms with Crippen molar-refractivity contribution in [1.82, 2.24) is 20.2 Å². The predicted octanol–water partition coefficient (Wildman–Crippen LogP) is 2.46. The molecule has 0 aliphatic carbocycles. The van der Waals surface area contributed by atoms with Crippen LogP contribution in [0.1, 0.15) is 24.0 Å². The number of nitrogens with zero attached hydrogens (tertiary/aromatic N) is 4. The van der Waals surface area contributed by atoms with E-state index in [-0.39, 0.29) is 0 Å². The summed E-state index contributed by atoms with van der Waals surface area (Å²) in [4.78, 5) is 0. The van der Waals surface area contributed by atoms with Gasteiger partial charge in [-0.15, -0.1) is 5.10 Å². The minimum Gasteiger partial charge on any atom is -0.330 e. The predicted molar refractivity (Wildman–Crippen MR) is 78.7 cm³/mol. The lowest BCUT2D eigenvalue weighted by Crippen LogP contribution is -2.06. The summed E-state index contributed by atoms with van der Waals surface area (Å²) in [7, 11) is 0. The van der Waals surface area contributed by atoms with E-state index in [4.69, 9.17) is 5.73 Å². The van der Waals surface area contributed by atoms with E-state index in [9.17, 15) is 0 Å². The molecular weight excluding hydrogens is 306 g/mol. The van der Waals surface area contributed by atoms with Crippen molar-refractivity contribution in [2.24, 2.45) is 5.73 Å². The van der Waals surface area contributed by atoms with Crippen molar-refractivity contribution >= 4 is 15.9 Å². The van der Waals surface area contributed by atoms with Gasteiger partial charge >= 0.3 is 0 Å². The molecule has 0 atom stereocenters. The summed E-state index contributed by atoms with van der Waals surface area (Å²) in [5.74, 6) is 0.815. The number of unbranched alkanes of at least 4 members (excludes halogenated alkanes) is 1. The fourth-order valence-corrected chi connectivity index (χ4v) is 2.27. The minimum atomic E-state index is 0.702. The monoisotopic (exact) mass is 323 g/mol. The molecule has 0 bridgehead atoms. The van der Waals surface area contributed by atoms with Gasteiger partial charge in [-0.1, -0.05) is 15.9 Å². The molecule has 2 aromatic rings. The summed E-state index contributed by atoms with van der Waals surface area (Å²) in [6, 6.07) is 4.20. The lowest BCUT2D eigenvalue weighted by Gasteiger charge is -2.08. The Bertz CT molecular complexity index is 541. The Morgan fingerprint density at radius 1 is 1.21 bits per heavy atom. The van der Waals surface area contributed by atoms with Crippen molar-refractivity contribution in [2.75, 3.05) is 6.54 Å². The van der Waals surface area contributed by atoms with E-state index < -0.39 is 0 Å². The Kier molecular flexibility index (Phi) is 4.66. The van der Waals surface area contributed by atoms with Gasteiger partial charge in [0.05, 0.1) is 0 Å². The molecule has 0 radical (unpaired) electrons. The summed E-state index contributed by atoms with van der Waals surface area (Å²) >= 11 is 3.57. The summed E-state index contributed by atoms with van der Waals surface area (Å²) in [6.45, 7) is 5.65. The van der Waals surface area contributed by atoms with E-state index in [2.05, 4.69) is 57.4 Å². The zero-order valence-electron chi connectivity index (χ0n) is 11.2. The van der Waals surface area contributed by atoms with Crippen molar-refractivity contribution in [2.45, 2.75) is 33.2 Å². The Balaban J connectivity index is 2.29. The third-order valence-corrected chi connectivity index (χ3v) is 4.30. The lowest BCUT2D eigenvalue weighted by atomic mass is 10.1. The van der Waals surface area contributed by atoms with E-state index in [1.165, 1.54) is 11.1 Å². The number of tetrazole rings is 1. The Morgan fingerprint density at radius 3 is 2.53 bits per heavy atom. The molecule has 0 saturated heterocycles. The van der Waals surface area contributed by atoms with E-state index in [0.717, 1.165) is 35.2 Å². The molecule has 5 nitrogen and oxygen atoms in total. The fourth-order valence-electron chi connectivity index (χ4n) is 2.04. The smallest absolute Gasteiger partial charge is 0.182 e. The Morgan fingerprint density at radius 2 is 1.89 bits per heavy atom. The molecule has 2 rings (SSSR count). The second-order valence-electron chi connectivity index (χ2n) is 4.65. The molecule has 6 heteroatoms. The van der Waals surface area contributed by atoms with Crippen LogP contribution in [0, 0.1) is 13.8 Å². The average Bonchev–Trinajstić information content (AvgIpc) is 2.84. The molecule has 0 amide bonds. The largest absolute Gasteiger partial charge is 0.330 e. The van der Waals surface area contributed by atoms with Crippen molar-refractivity contribution in [3.63, 3.8) is 0 Å². The number of aryl methyl sites for hydroxylation is 3. The van der Waals surface area contributed by atoms with Gasteiger partial charge in [-0.3, -0.25) is 0 Å². The van der Waals surface area contributed by atoms with Crippen molar-refractivity contribution in [1.29, 1.82) is 0 Å². The van der Waals surface area contributed by atoms with Crippen LogP contribution in [0.3, 0.4) is 0 Å². The third kappa shape index (κ3) is 3.19. The van der Waals surface area contributed by atoms with Gasteiger partial charge in [0.15, 0.2) is 5.82 Å². The van der Waals surface area contributed by atoms with Gasteiger partial charge in [0, 0.05) is 16.6 Å². The first-order chi connectivity index (χ1) is 9.13. The Hall–Kier alpha value is -1.27. The summed E-state index contributed by atoms with van der Waals surface area (Å²) < 4.78 is 2.98. The summed E-state index contributed by atoms with van der Waals surface area (Å²) in [5.41, 5.74) is 8.93. The second-order valence-corrected chi connectivity index (χ2v) is 5.44. The molecule has 0 saturated carbocycles. The molecule has 1 aromatic carbocycles. The molecule has 0 fully saturated rings. The number of benzene rings is 1. The first-order valence-corrected chi connectivity index (χ1v) is 7.16. The van der Waals surface area contributed by atoms with Crippen LogP contribution >= 0.6 is 15.9 Å². The topological polar surface area (TPSA) is 69.6 Å². The maximum absolute atomic E-state index is 5.51. The second kappa shape index (κ2) is 6.25. The zero-order chi connectivity index (χ0) is 13.8. The average molecular weight is 324 g/mol. The van der Waals surface area contributed by atoms with Crippen LogP contribution in [0.4, 0.5) is 0 Å². The molecule has 1 aromatic heterocycles. The van der Waals surface area contributed by atoms with Gasteiger partial charge < -0.3 is 5.73 Å². The number of hydrogen-bond donors (Lipinski definition) is 1. The molecule has 2 N–H and O–H groups in total. The van der Waals surface area contributed by atoms with Gasteiger partial charge in [0.2, 0.25) is 0 Å². The number of aromatic nitrogens is 4. The van der Waals surface area contributed by atoms with Crippen LogP contribution < -0.4 is 5.73 Å².